The van der Waals surface area contributed by atoms with E-state index in [-0.39, 0.29) is 5.60 Å². The predicted molar refractivity (Wildman–Crippen MR) is 91.6 cm³/mol. The molecule has 0 saturated carbocycles. The van der Waals surface area contributed by atoms with Gasteiger partial charge in [0.25, 0.3) is 0 Å². The molecule has 1 fully saturated rings. The van der Waals surface area contributed by atoms with E-state index in [1.165, 1.54) is 17.7 Å². The van der Waals surface area contributed by atoms with Crippen molar-refractivity contribution in [3.63, 3.8) is 0 Å². The van der Waals surface area contributed by atoms with Crippen LogP contribution in [0.15, 0.2) is 18.2 Å². The first kappa shape index (κ1) is 15.5. The molecule has 1 saturated heterocycles. The second-order valence-corrected chi connectivity index (χ2v) is 8.06. The van der Waals surface area contributed by atoms with E-state index in [4.69, 9.17) is 16.3 Å². The Labute approximate surface area is 137 Å². The molecule has 3 rings (SSSR count). The fourth-order valence-corrected chi connectivity index (χ4v) is 4.90. The van der Waals surface area contributed by atoms with Crippen molar-refractivity contribution in [3.05, 3.63) is 28.8 Å². The van der Waals surface area contributed by atoms with Crippen LogP contribution in [0.5, 0.6) is 5.75 Å². The molecule has 3 atom stereocenters. The third kappa shape index (κ3) is 3.06. The number of ether oxygens (including phenoxy) is 1. The average Bonchev–Trinajstić information content (AvgIpc) is 2.49. The molecule has 3 unspecified atom stereocenters. The van der Waals surface area contributed by atoms with Gasteiger partial charge in [-0.15, -0.1) is 0 Å². The molecule has 2 aliphatic rings. The maximum atomic E-state index is 6.52. The van der Waals surface area contributed by atoms with Crippen molar-refractivity contribution in [2.75, 3.05) is 12.3 Å². The quantitative estimate of drug-likeness (QED) is 0.861. The van der Waals surface area contributed by atoms with Gasteiger partial charge in [0.15, 0.2) is 0 Å². The molecule has 1 aromatic carbocycles. The normalized spacial score (nSPS) is 31.8. The highest BCUT2D eigenvalue weighted by Crippen LogP contribution is 2.48. The maximum absolute atomic E-state index is 6.52. The second kappa shape index (κ2) is 6.39. The van der Waals surface area contributed by atoms with Gasteiger partial charge in [0, 0.05) is 28.3 Å². The van der Waals surface area contributed by atoms with Crippen molar-refractivity contribution >= 4 is 23.4 Å². The second-order valence-electron chi connectivity index (χ2n) is 6.18. The molecular weight excluding hydrogens is 302 g/mol. The third-order valence-electron chi connectivity index (χ3n) is 4.70. The van der Waals surface area contributed by atoms with Gasteiger partial charge in [-0.2, -0.15) is 11.8 Å². The van der Waals surface area contributed by atoms with E-state index in [1.807, 2.05) is 23.9 Å². The fraction of sp³-hybridized carbons (Fsp3) is 0.647. The van der Waals surface area contributed by atoms with Crippen LogP contribution in [0.2, 0.25) is 5.02 Å². The number of halogens is 1. The number of nitrogens with one attached hydrogen (secondary N) is 1. The minimum atomic E-state index is -0.0187. The highest BCUT2D eigenvalue weighted by Gasteiger charge is 2.46. The van der Waals surface area contributed by atoms with E-state index in [0.717, 1.165) is 36.6 Å². The molecule has 0 bridgehead atoms. The van der Waals surface area contributed by atoms with Crippen LogP contribution in [0.3, 0.4) is 0 Å². The largest absolute Gasteiger partial charge is 0.486 e. The summed E-state index contributed by atoms with van der Waals surface area (Å²) in [5.41, 5.74) is 1.21. The first-order valence-electron chi connectivity index (χ1n) is 7.98. The fourth-order valence-electron chi connectivity index (χ4n) is 3.49. The van der Waals surface area contributed by atoms with Gasteiger partial charge in [-0.1, -0.05) is 18.5 Å². The van der Waals surface area contributed by atoms with Crippen molar-refractivity contribution in [3.8, 4) is 5.75 Å². The first-order chi connectivity index (χ1) is 10.1. The molecule has 0 amide bonds. The molecule has 21 heavy (non-hydrogen) atoms. The molecule has 2 heterocycles. The summed E-state index contributed by atoms with van der Waals surface area (Å²) in [5, 5.41) is 5.04. The van der Waals surface area contributed by atoms with Gasteiger partial charge < -0.3 is 10.1 Å². The zero-order chi connectivity index (χ0) is 14.9. The number of benzene rings is 1. The molecule has 4 heteroatoms. The summed E-state index contributed by atoms with van der Waals surface area (Å²) in [4.78, 5) is 0. The number of hydrogen-bond donors (Lipinski definition) is 1. The van der Waals surface area contributed by atoms with Crippen molar-refractivity contribution < 1.29 is 4.74 Å². The van der Waals surface area contributed by atoms with E-state index < -0.39 is 0 Å². The Morgan fingerprint density at radius 1 is 1.48 bits per heavy atom. The number of fused-ring (bicyclic) bond motifs is 1. The summed E-state index contributed by atoms with van der Waals surface area (Å²) >= 11 is 8.24. The van der Waals surface area contributed by atoms with Gasteiger partial charge in [-0.25, -0.2) is 0 Å². The summed E-state index contributed by atoms with van der Waals surface area (Å²) in [6.07, 6.45) is 4.60. The summed E-state index contributed by atoms with van der Waals surface area (Å²) in [6.45, 7) is 5.57. The predicted octanol–water partition coefficient (Wildman–Crippen LogP) is 4.82. The van der Waals surface area contributed by atoms with Crippen LogP contribution >= 0.6 is 23.4 Å². The molecule has 0 aliphatic carbocycles. The number of thioether (sulfide) groups is 1. The van der Waals surface area contributed by atoms with Crippen molar-refractivity contribution in [2.45, 2.75) is 56.4 Å². The maximum Gasteiger partial charge on any atom is 0.125 e. The Kier molecular flexibility index (Phi) is 4.72. The monoisotopic (exact) mass is 325 g/mol. The van der Waals surface area contributed by atoms with E-state index in [0.29, 0.717) is 11.3 Å². The molecule has 1 aromatic rings. The van der Waals surface area contributed by atoms with Crippen LogP contribution in [0.1, 0.15) is 51.1 Å². The van der Waals surface area contributed by atoms with Crippen LogP contribution in [-0.4, -0.2) is 23.1 Å². The van der Waals surface area contributed by atoms with Gasteiger partial charge in [0.1, 0.15) is 11.4 Å². The van der Waals surface area contributed by atoms with Gasteiger partial charge in [0.05, 0.1) is 0 Å². The van der Waals surface area contributed by atoms with E-state index >= 15 is 0 Å². The highest BCUT2D eigenvalue weighted by atomic mass is 35.5. The first-order valence-corrected chi connectivity index (χ1v) is 9.41. The smallest absolute Gasteiger partial charge is 0.125 e. The lowest BCUT2D eigenvalue weighted by Crippen LogP contribution is -2.52. The van der Waals surface area contributed by atoms with Crippen LogP contribution in [0, 0.1) is 0 Å². The van der Waals surface area contributed by atoms with Crippen molar-refractivity contribution in [2.24, 2.45) is 0 Å². The van der Waals surface area contributed by atoms with Crippen molar-refractivity contribution in [1.29, 1.82) is 0 Å². The molecule has 0 aromatic heterocycles. The topological polar surface area (TPSA) is 21.3 Å². The number of rotatable bonds is 3. The minimum absolute atomic E-state index is 0.0187. The Hall–Kier alpha value is -0.380. The van der Waals surface area contributed by atoms with Crippen LogP contribution < -0.4 is 10.1 Å². The Morgan fingerprint density at radius 2 is 2.33 bits per heavy atom. The van der Waals surface area contributed by atoms with Crippen LogP contribution in [0.25, 0.3) is 0 Å². The standard InChI is InChI=1S/C17H24ClNOS/c1-3-8-19-15-11-17(7-4-9-21-12(17)2)20-16-6-5-13(18)10-14(15)16/h5-6,10,12,15,19H,3-4,7-9,11H2,1-2H3. The van der Waals surface area contributed by atoms with E-state index in [1.54, 1.807) is 0 Å². The van der Waals surface area contributed by atoms with E-state index in [9.17, 15) is 0 Å². The Morgan fingerprint density at radius 3 is 3.10 bits per heavy atom. The van der Waals surface area contributed by atoms with Gasteiger partial charge in [0.2, 0.25) is 0 Å². The van der Waals surface area contributed by atoms with Crippen LogP contribution in [0.4, 0.5) is 0 Å². The molecule has 1 N–H and O–H groups in total. The molecular formula is C17H24ClNOS. The Balaban J connectivity index is 1.94. The molecule has 0 radical (unpaired) electrons. The lowest BCUT2D eigenvalue weighted by atomic mass is 9.81. The summed E-state index contributed by atoms with van der Waals surface area (Å²) in [6, 6.07) is 6.41. The summed E-state index contributed by atoms with van der Waals surface area (Å²) in [5.74, 6) is 2.28. The van der Waals surface area contributed by atoms with Gasteiger partial charge >= 0.3 is 0 Å². The van der Waals surface area contributed by atoms with Gasteiger partial charge in [-0.3, -0.25) is 0 Å². The molecule has 2 aliphatic heterocycles. The van der Waals surface area contributed by atoms with Crippen molar-refractivity contribution in [1.82, 2.24) is 5.32 Å². The summed E-state index contributed by atoms with van der Waals surface area (Å²) in [7, 11) is 0. The summed E-state index contributed by atoms with van der Waals surface area (Å²) < 4.78 is 6.52. The zero-order valence-electron chi connectivity index (χ0n) is 12.8. The third-order valence-corrected chi connectivity index (χ3v) is 6.39. The number of hydrogen-bond acceptors (Lipinski definition) is 3. The van der Waals surface area contributed by atoms with Crippen LogP contribution in [-0.2, 0) is 0 Å². The SMILES string of the molecule is CCCNC1CC2(CCCSC2C)Oc2ccc(Cl)cc21. The minimum Gasteiger partial charge on any atom is -0.486 e. The lowest BCUT2D eigenvalue weighted by molar-refractivity contribution is 0.0203. The lowest BCUT2D eigenvalue weighted by Gasteiger charge is -2.48. The Bertz CT molecular complexity index is 510. The average molecular weight is 326 g/mol. The zero-order valence-corrected chi connectivity index (χ0v) is 14.4. The molecule has 2 nitrogen and oxygen atoms in total. The molecule has 116 valence electrons. The molecule has 1 spiro atoms. The van der Waals surface area contributed by atoms with Gasteiger partial charge in [-0.05, 0) is 56.7 Å². The van der Waals surface area contributed by atoms with E-state index in [2.05, 4.69) is 25.2 Å². The highest BCUT2D eigenvalue weighted by molar-refractivity contribution is 8.00.